The molecule has 106 valence electrons. The van der Waals surface area contributed by atoms with E-state index in [1.165, 1.54) is 24.0 Å². The highest BCUT2D eigenvalue weighted by atomic mass is 14.9. The molecule has 2 nitrogen and oxygen atoms in total. The van der Waals surface area contributed by atoms with Crippen LogP contribution in [0.4, 0.5) is 0 Å². The van der Waals surface area contributed by atoms with E-state index in [0.29, 0.717) is 12.0 Å². The SMILES string of the molecule is CNC(CCCc1ccccc1)C(C)c1ccncc1. The average molecular weight is 268 g/mol. The summed E-state index contributed by atoms with van der Waals surface area (Å²) in [4.78, 5) is 4.09. The Kier molecular flexibility index (Phi) is 5.75. The van der Waals surface area contributed by atoms with Gasteiger partial charge in [0, 0.05) is 18.4 Å². The Balaban J connectivity index is 1.86. The number of benzene rings is 1. The molecule has 0 saturated heterocycles. The van der Waals surface area contributed by atoms with Gasteiger partial charge >= 0.3 is 0 Å². The monoisotopic (exact) mass is 268 g/mol. The zero-order chi connectivity index (χ0) is 14.2. The van der Waals surface area contributed by atoms with Gasteiger partial charge in [0.1, 0.15) is 0 Å². The first-order valence-corrected chi connectivity index (χ1v) is 7.42. The van der Waals surface area contributed by atoms with Crippen molar-refractivity contribution in [1.82, 2.24) is 10.3 Å². The predicted octanol–water partition coefficient (Wildman–Crippen LogP) is 3.80. The Morgan fingerprint density at radius 3 is 2.40 bits per heavy atom. The second-order valence-corrected chi connectivity index (χ2v) is 5.34. The number of aryl methyl sites for hydroxylation is 1. The van der Waals surface area contributed by atoms with E-state index >= 15 is 0 Å². The van der Waals surface area contributed by atoms with Gasteiger partial charge in [-0.2, -0.15) is 0 Å². The maximum absolute atomic E-state index is 4.09. The van der Waals surface area contributed by atoms with E-state index in [4.69, 9.17) is 0 Å². The first-order valence-electron chi connectivity index (χ1n) is 7.42. The molecule has 2 atom stereocenters. The fraction of sp³-hybridized carbons (Fsp3) is 0.389. The van der Waals surface area contributed by atoms with Crippen molar-refractivity contribution in [3.63, 3.8) is 0 Å². The van der Waals surface area contributed by atoms with Gasteiger partial charge in [0.2, 0.25) is 0 Å². The largest absolute Gasteiger partial charge is 0.316 e. The molecule has 2 aromatic rings. The first kappa shape index (κ1) is 14.7. The van der Waals surface area contributed by atoms with Gasteiger partial charge in [-0.3, -0.25) is 4.98 Å². The number of pyridine rings is 1. The lowest BCUT2D eigenvalue weighted by Gasteiger charge is -2.24. The highest BCUT2D eigenvalue weighted by Crippen LogP contribution is 2.22. The molecule has 1 heterocycles. The molecule has 1 N–H and O–H groups in total. The Labute approximate surface area is 122 Å². The summed E-state index contributed by atoms with van der Waals surface area (Å²) in [7, 11) is 2.06. The van der Waals surface area contributed by atoms with Gasteiger partial charge in [0.15, 0.2) is 0 Å². The molecule has 1 aromatic heterocycles. The van der Waals surface area contributed by atoms with E-state index in [9.17, 15) is 0 Å². The summed E-state index contributed by atoms with van der Waals surface area (Å²) in [6.45, 7) is 2.29. The minimum absolute atomic E-state index is 0.513. The number of likely N-dealkylation sites (N-methyl/N-ethyl adjacent to an activating group) is 1. The molecule has 0 saturated carbocycles. The lowest BCUT2D eigenvalue weighted by molar-refractivity contribution is 0.443. The van der Waals surface area contributed by atoms with Crippen LogP contribution in [0.1, 0.15) is 36.8 Å². The van der Waals surface area contributed by atoms with Crippen molar-refractivity contribution in [2.24, 2.45) is 0 Å². The molecule has 0 bridgehead atoms. The Morgan fingerprint density at radius 2 is 1.75 bits per heavy atom. The summed E-state index contributed by atoms with van der Waals surface area (Å²) >= 11 is 0. The van der Waals surface area contributed by atoms with Crippen LogP contribution in [0, 0.1) is 0 Å². The third kappa shape index (κ3) is 4.17. The van der Waals surface area contributed by atoms with Crippen molar-refractivity contribution < 1.29 is 0 Å². The fourth-order valence-electron chi connectivity index (χ4n) is 2.71. The van der Waals surface area contributed by atoms with Gasteiger partial charge in [-0.1, -0.05) is 37.3 Å². The highest BCUT2D eigenvalue weighted by Gasteiger charge is 2.16. The summed E-state index contributed by atoms with van der Waals surface area (Å²) in [6.07, 6.45) is 7.31. The van der Waals surface area contributed by atoms with E-state index in [2.05, 4.69) is 66.7 Å². The Morgan fingerprint density at radius 1 is 1.05 bits per heavy atom. The maximum Gasteiger partial charge on any atom is 0.0270 e. The number of hydrogen-bond acceptors (Lipinski definition) is 2. The minimum Gasteiger partial charge on any atom is -0.316 e. The predicted molar refractivity (Wildman–Crippen MR) is 84.9 cm³/mol. The molecule has 20 heavy (non-hydrogen) atoms. The summed E-state index contributed by atoms with van der Waals surface area (Å²) in [5.41, 5.74) is 2.79. The molecule has 1 aromatic carbocycles. The second kappa shape index (κ2) is 7.81. The standard InChI is InChI=1S/C18H24N2/c1-15(17-11-13-20-14-12-17)18(19-2)10-6-9-16-7-4-3-5-8-16/h3-5,7-8,11-15,18-19H,6,9-10H2,1-2H3. The molecule has 0 amide bonds. The van der Waals surface area contributed by atoms with Crippen molar-refractivity contribution in [3.8, 4) is 0 Å². The van der Waals surface area contributed by atoms with E-state index in [0.717, 1.165) is 6.42 Å². The van der Waals surface area contributed by atoms with E-state index in [1.54, 1.807) is 0 Å². The van der Waals surface area contributed by atoms with Crippen LogP contribution in [0.5, 0.6) is 0 Å². The van der Waals surface area contributed by atoms with Gasteiger partial charge in [0.25, 0.3) is 0 Å². The molecule has 2 unspecified atom stereocenters. The van der Waals surface area contributed by atoms with Crippen LogP contribution >= 0.6 is 0 Å². The van der Waals surface area contributed by atoms with Crippen LogP contribution in [-0.4, -0.2) is 18.1 Å². The third-order valence-electron chi connectivity index (χ3n) is 4.03. The van der Waals surface area contributed by atoms with Crippen LogP contribution in [0.15, 0.2) is 54.9 Å². The quantitative estimate of drug-likeness (QED) is 0.826. The molecule has 0 spiro atoms. The van der Waals surface area contributed by atoms with E-state index in [-0.39, 0.29) is 0 Å². The minimum atomic E-state index is 0.513. The van der Waals surface area contributed by atoms with Crippen molar-refractivity contribution in [3.05, 3.63) is 66.0 Å². The average Bonchev–Trinajstić information content (AvgIpc) is 2.53. The second-order valence-electron chi connectivity index (χ2n) is 5.34. The van der Waals surface area contributed by atoms with Crippen LogP contribution in [0.25, 0.3) is 0 Å². The zero-order valence-corrected chi connectivity index (χ0v) is 12.4. The van der Waals surface area contributed by atoms with Gasteiger partial charge in [-0.05, 0) is 55.5 Å². The molecule has 2 rings (SSSR count). The smallest absolute Gasteiger partial charge is 0.0270 e. The summed E-state index contributed by atoms with van der Waals surface area (Å²) in [6, 6.07) is 15.5. The van der Waals surface area contributed by atoms with Crippen molar-refractivity contribution >= 4 is 0 Å². The summed E-state index contributed by atoms with van der Waals surface area (Å²) in [5.74, 6) is 0.513. The molecular formula is C18H24N2. The topological polar surface area (TPSA) is 24.9 Å². The molecule has 0 radical (unpaired) electrons. The van der Waals surface area contributed by atoms with E-state index < -0.39 is 0 Å². The van der Waals surface area contributed by atoms with Gasteiger partial charge in [0.05, 0.1) is 0 Å². The molecule has 2 heteroatoms. The molecule has 0 aliphatic carbocycles. The van der Waals surface area contributed by atoms with Crippen LogP contribution < -0.4 is 5.32 Å². The van der Waals surface area contributed by atoms with Gasteiger partial charge in [-0.15, -0.1) is 0 Å². The summed E-state index contributed by atoms with van der Waals surface area (Å²) in [5, 5.41) is 3.47. The molecule has 0 aliphatic heterocycles. The van der Waals surface area contributed by atoms with Crippen LogP contribution in [0.2, 0.25) is 0 Å². The maximum atomic E-state index is 4.09. The third-order valence-corrected chi connectivity index (χ3v) is 4.03. The first-order chi connectivity index (χ1) is 9.81. The Hall–Kier alpha value is -1.67. The van der Waals surface area contributed by atoms with Crippen LogP contribution in [-0.2, 0) is 6.42 Å². The Bertz CT molecular complexity index is 481. The van der Waals surface area contributed by atoms with Gasteiger partial charge < -0.3 is 5.32 Å². The number of nitrogens with one attached hydrogen (secondary N) is 1. The van der Waals surface area contributed by atoms with Gasteiger partial charge in [-0.25, -0.2) is 0 Å². The molecular weight excluding hydrogens is 244 g/mol. The number of rotatable bonds is 7. The zero-order valence-electron chi connectivity index (χ0n) is 12.4. The number of hydrogen-bond donors (Lipinski definition) is 1. The highest BCUT2D eigenvalue weighted by molar-refractivity contribution is 5.17. The number of nitrogens with zero attached hydrogens (tertiary/aromatic N) is 1. The van der Waals surface area contributed by atoms with Crippen molar-refractivity contribution in [1.29, 1.82) is 0 Å². The lowest BCUT2D eigenvalue weighted by Crippen LogP contribution is -2.30. The molecule has 0 aliphatic rings. The fourth-order valence-corrected chi connectivity index (χ4v) is 2.71. The normalized spacial score (nSPS) is 13.9. The van der Waals surface area contributed by atoms with Crippen molar-refractivity contribution in [2.75, 3.05) is 7.05 Å². The van der Waals surface area contributed by atoms with Crippen molar-refractivity contribution in [2.45, 2.75) is 38.1 Å². The van der Waals surface area contributed by atoms with Crippen LogP contribution in [0.3, 0.4) is 0 Å². The molecule has 0 fully saturated rings. The summed E-state index contributed by atoms with van der Waals surface area (Å²) < 4.78 is 0. The van der Waals surface area contributed by atoms with E-state index in [1.807, 2.05) is 12.4 Å². The number of aromatic nitrogens is 1. The lowest BCUT2D eigenvalue weighted by atomic mass is 9.90.